The Balaban J connectivity index is 0.00000392. The zero-order valence-electron chi connectivity index (χ0n) is 17.6. The van der Waals surface area contributed by atoms with E-state index in [0.29, 0.717) is 6.04 Å². The summed E-state index contributed by atoms with van der Waals surface area (Å²) in [6.45, 7) is 7.06. The number of hydrogen-bond donors (Lipinski definition) is 2. The quantitative estimate of drug-likeness (QED) is 0.199. The van der Waals surface area contributed by atoms with E-state index in [9.17, 15) is 0 Å². The topological polar surface area (TPSA) is 48.9 Å². The normalized spacial score (nSPS) is 15.8. The highest BCUT2D eigenvalue weighted by molar-refractivity contribution is 14.0. The van der Waals surface area contributed by atoms with E-state index in [0.717, 1.165) is 44.4 Å². The second-order valence-electron chi connectivity index (χ2n) is 6.88. The van der Waals surface area contributed by atoms with Crippen molar-refractivity contribution in [3.05, 3.63) is 29.8 Å². The van der Waals surface area contributed by atoms with Crippen LogP contribution in [0.5, 0.6) is 5.75 Å². The number of unbranched alkanes of at least 4 members (excludes halogenated alkanes) is 1. The summed E-state index contributed by atoms with van der Waals surface area (Å²) in [5.41, 5.74) is 1.32. The van der Waals surface area contributed by atoms with Crippen molar-refractivity contribution in [1.29, 1.82) is 0 Å². The van der Waals surface area contributed by atoms with Crippen molar-refractivity contribution in [2.75, 3.05) is 51.8 Å². The standard InChI is InChI=1S/C21H36N4OS.HI/c1-4-22-21(23-13-5-8-16-27-3)24-17-20(25-14-6-7-15-25)18-9-11-19(26-2)12-10-18;/h9-12,20H,4-8,13-17H2,1-3H3,(H2,22,23,24);1H. The van der Waals surface area contributed by atoms with Crippen molar-refractivity contribution in [3.63, 3.8) is 0 Å². The van der Waals surface area contributed by atoms with Gasteiger partial charge in [-0.25, -0.2) is 0 Å². The molecule has 0 saturated carbocycles. The number of halogens is 1. The number of methoxy groups -OCH3 is 1. The molecule has 0 aromatic heterocycles. The van der Waals surface area contributed by atoms with Crippen LogP contribution in [0.25, 0.3) is 0 Å². The van der Waals surface area contributed by atoms with E-state index in [2.05, 4.69) is 53.0 Å². The summed E-state index contributed by atoms with van der Waals surface area (Å²) < 4.78 is 5.31. The Morgan fingerprint density at radius 1 is 1.18 bits per heavy atom. The lowest BCUT2D eigenvalue weighted by Gasteiger charge is -2.27. The van der Waals surface area contributed by atoms with E-state index in [1.807, 2.05) is 11.8 Å². The lowest BCUT2D eigenvalue weighted by Crippen LogP contribution is -2.39. The summed E-state index contributed by atoms with van der Waals surface area (Å²) in [4.78, 5) is 7.47. The number of likely N-dealkylation sites (tertiary alicyclic amines) is 1. The Morgan fingerprint density at radius 2 is 1.89 bits per heavy atom. The summed E-state index contributed by atoms with van der Waals surface area (Å²) in [6.07, 6.45) is 7.15. The van der Waals surface area contributed by atoms with E-state index in [4.69, 9.17) is 9.73 Å². The summed E-state index contributed by atoms with van der Waals surface area (Å²) >= 11 is 1.91. The van der Waals surface area contributed by atoms with Crippen molar-refractivity contribution in [2.24, 2.45) is 4.99 Å². The third-order valence-corrected chi connectivity index (χ3v) is 5.61. The van der Waals surface area contributed by atoms with Crippen LogP contribution in [0.1, 0.15) is 44.2 Å². The first kappa shape index (κ1) is 25.4. The number of thioether (sulfide) groups is 1. The number of rotatable bonds is 11. The van der Waals surface area contributed by atoms with Crippen LogP contribution < -0.4 is 15.4 Å². The first-order valence-corrected chi connectivity index (χ1v) is 11.6. The number of hydrogen-bond acceptors (Lipinski definition) is 4. The zero-order chi connectivity index (χ0) is 19.3. The van der Waals surface area contributed by atoms with Crippen molar-refractivity contribution in [1.82, 2.24) is 15.5 Å². The third kappa shape index (κ3) is 8.78. The number of nitrogens with one attached hydrogen (secondary N) is 2. The van der Waals surface area contributed by atoms with Gasteiger partial charge in [0.25, 0.3) is 0 Å². The van der Waals surface area contributed by atoms with Crippen LogP contribution in [0, 0.1) is 0 Å². The van der Waals surface area contributed by atoms with Gasteiger partial charge in [-0.2, -0.15) is 11.8 Å². The second-order valence-corrected chi connectivity index (χ2v) is 7.86. The molecule has 1 aromatic carbocycles. The predicted molar refractivity (Wildman–Crippen MR) is 134 cm³/mol. The Bertz CT molecular complexity index is 550. The van der Waals surface area contributed by atoms with Gasteiger partial charge in [-0.15, -0.1) is 24.0 Å². The fourth-order valence-electron chi connectivity index (χ4n) is 3.41. The first-order chi connectivity index (χ1) is 13.3. The van der Waals surface area contributed by atoms with E-state index >= 15 is 0 Å². The van der Waals surface area contributed by atoms with E-state index in [1.165, 1.54) is 37.0 Å². The molecule has 0 spiro atoms. The molecule has 1 saturated heterocycles. The van der Waals surface area contributed by atoms with Crippen LogP contribution in [0.3, 0.4) is 0 Å². The van der Waals surface area contributed by atoms with Gasteiger partial charge < -0.3 is 15.4 Å². The maximum absolute atomic E-state index is 5.31. The zero-order valence-corrected chi connectivity index (χ0v) is 20.7. The van der Waals surface area contributed by atoms with Crippen LogP contribution in [-0.2, 0) is 0 Å². The van der Waals surface area contributed by atoms with Gasteiger partial charge in [0.2, 0.25) is 0 Å². The molecule has 1 unspecified atom stereocenters. The summed E-state index contributed by atoms with van der Waals surface area (Å²) in [6, 6.07) is 8.79. The van der Waals surface area contributed by atoms with E-state index < -0.39 is 0 Å². The minimum absolute atomic E-state index is 0. The van der Waals surface area contributed by atoms with Gasteiger partial charge in [-0.3, -0.25) is 9.89 Å². The molecule has 1 heterocycles. The number of guanidine groups is 1. The highest BCUT2D eigenvalue weighted by Crippen LogP contribution is 2.27. The molecule has 1 fully saturated rings. The van der Waals surface area contributed by atoms with Crippen LogP contribution >= 0.6 is 35.7 Å². The summed E-state index contributed by atoms with van der Waals surface area (Å²) in [7, 11) is 1.71. The van der Waals surface area contributed by atoms with Crippen LogP contribution in [0.4, 0.5) is 0 Å². The van der Waals surface area contributed by atoms with Gasteiger partial charge >= 0.3 is 0 Å². The van der Waals surface area contributed by atoms with E-state index in [1.54, 1.807) is 7.11 Å². The molecule has 7 heteroatoms. The minimum atomic E-state index is 0. The molecule has 1 aliphatic rings. The van der Waals surface area contributed by atoms with Crippen LogP contribution in [0.15, 0.2) is 29.3 Å². The van der Waals surface area contributed by atoms with Gasteiger partial charge in [0.1, 0.15) is 5.75 Å². The van der Waals surface area contributed by atoms with Crippen molar-refractivity contribution >= 4 is 41.7 Å². The minimum Gasteiger partial charge on any atom is -0.497 e. The highest BCUT2D eigenvalue weighted by Gasteiger charge is 2.23. The molecule has 160 valence electrons. The third-order valence-electron chi connectivity index (χ3n) is 4.92. The average Bonchev–Trinajstić information content (AvgIpc) is 3.23. The molecular formula is C21H37IN4OS. The fraction of sp³-hybridized carbons (Fsp3) is 0.667. The Hall–Kier alpha value is -0.670. The lowest BCUT2D eigenvalue weighted by atomic mass is 10.1. The summed E-state index contributed by atoms with van der Waals surface area (Å²) in [5, 5.41) is 6.87. The van der Waals surface area contributed by atoms with Gasteiger partial charge in [-0.05, 0) is 75.4 Å². The van der Waals surface area contributed by atoms with Crippen molar-refractivity contribution in [2.45, 2.75) is 38.6 Å². The number of nitrogens with zero attached hydrogens (tertiary/aromatic N) is 2. The Morgan fingerprint density at radius 3 is 2.50 bits per heavy atom. The molecule has 0 bridgehead atoms. The summed E-state index contributed by atoms with van der Waals surface area (Å²) in [5.74, 6) is 3.06. The number of ether oxygens (including phenoxy) is 1. The predicted octanol–water partition coefficient (Wildman–Crippen LogP) is 4.15. The second kappa shape index (κ2) is 15.2. The molecule has 1 atom stereocenters. The van der Waals surface area contributed by atoms with Gasteiger partial charge in [0.05, 0.1) is 19.7 Å². The van der Waals surface area contributed by atoms with Crippen LogP contribution in [-0.4, -0.2) is 62.7 Å². The molecule has 0 aliphatic carbocycles. The largest absolute Gasteiger partial charge is 0.497 e. The average molecular weight is 521 g/mol. The smallest absolute Gasteiger partial charge is 0.191 e. The molecule has 1 aliphatic heterocycles. The maximum atomic E-state index is 5.31. The Kier molecular flexibility index (Phi) is 13.8. The monoisotopic (exact) mass is 520 g/mol. The molecule has 0 amide bonds. The lowest BCUT2D eigenvalue weighted by molar-refractivity contribution is 0.251. The highest BCUT2D eigenvalue weighted by atomic mass is 127. The SMILES string of the molecule is CCNC(=NCC(c1ccc(OC)cc1)N1CCCC1)NCCCCSC.I. The molecule has 5 nitrogen and oxygen atoms in total. The molecular weight excluding hydrogens is 483 g/mol. The Labute approximate surface area is 192 Å². The molecule has 28 heavy (non-hydrogen) atoms. The molecule has 2 N–H and O–H groups in total. The fourth-order valence-corrected chi connectivity index (χ4v) is 3.90. The number of benzene rings is 1. The molecule has 0 radical (unpaired) electrons. The molecule has 2 rings (SSSR count). The van der Waals surface area contributed by atoms with Crippen molar-refractivity contribution < 1.29 is 4.74 Å². The number of aliphatic imine (C=N–C) groups is 1. The maximum Gasteiger partial charge on any atom is 0.191 e. The first-order valence-electron chi connectivity index (χ1n) is 10.2. The van der Waals surface area contributed by atoms with E-state index in [-0.39, 0.29) is 24.0 Å². The van der Waals surface area contributed by atoms with Gasteiger partial charge in [0.15, 0.2) is 5.96 Å². The van der Waals surface area contributed by atoms with Gasteiger partial charge in [0, 0.05) is 13.1 Å². The van der Waals surface area contributed by atoms with Gasteiger partial charge in [-0.1, -0.05) is 12.1 Å². The molecule has 1 aromatic rings. The van der Waals surface area contributed by atoms with Crippen molar-refractivity contribution in [3.8, 4) is 5.75 Å². The van der Waals surface area contributed by atoms with Crippen LogP contribution in [0.2, 0.25) is 0 Å².